The first kappa shape index (κ1) is 20.0. The number of aromatic nitrogens is 2. The maximum Gasteiger partial charge on any atom is 0.274 e. The molecule has 1 amide bonds. The predicted molar refractivity (Wildman–Crippen MR) is 113 cm³/mol. The van der Waals surface area contributed by atoms with Crippen LogP contribution in [0.4, 0.5) is 0 Å². The summed E-state index contributed by atoms with van der Waals surface area (Å²) in [5, 5.41) is 7.29. The lowest BCUT2D eigenvalue weighted by Crippen LogP contribution is -2.42. The van der Waals surface area contributed by atoms with Crippen LogP contribution in [0.3, 0.4) is 0 Å². The van der Waals surface area contributed by atoms with Gasteiger partial charge in [0.1, 0.15) is 11.4 Å². The van der Waals surface area contributed by atoms with Crippen LogP contribution in [0.1, 0.15) is 53.3 Å². The number of nitrogens with one attached hydrogen (secondary N) is 1. The SMILES string of the molecule is COc1ccccc1CCN1CCC[C@@H](CN(C)C(=O)c2cc(C3CC3)[nH]n2)C1. The van der Waals surface area contributed by atoms with Crippen molar-refractivity contribution in [3.63, 3.8) is 0 Å². The maximum absolute atomic E-state index is 12.8. The molecule has 1 atom stereocenters. The summed E-state index contributed by atoms with van der Waals surface area (Å²) in [5.41, 5.74) is 2.93. The number of H-pyrrole nitrogens is 1. The average molecular weight is 397 g/mol. The van der Waals surface area contributed by atoms with Crippen LogP contribution in [-0.4, -0.2) is 66.2 Å². The number of rotatable bonds is 8. The molecule has 2 aliphatic rings. The van der Waals surface area contributed by atoms with Crippen molar-refractivity contribution in [2.24, 2.45) is 5.92 Å². The summed E-state index contributed by atoms with van der Waals surface area (Å²) in [6, 6.07) is 10.2. The van der Waals surface area contributed by atoms with Crippen molar-refractivity contribution >= 4 is 5.91 Å². The minimum absolute atomic E-state index is 0.0271. The highest BCUT2D eigenvalue weighted by Gasteiger charge is 2.28. The lowest BCUT2D eigenvalue weighted by Gasteiger charge is -2.34. The Morgan fingerprint density at radius 2 is 2.14 bits per heavy atom. The molecule has 1 aliphatic heterocycles. The molecule has 0 unspecified atom stereocenters. The highest BCUT2D eigenvalue weighted by molar-refractivity contribution is 5.92. The van der Waals surface area contributed by atoms with E-state index in [9.17, 15) is 4.79 Å². The van der Waals surface area contributed by atoms with Gasteiger partial charge in [0.25, 0.3) is 5.91 Å². The predicted octanol–water partition coefficient (Wildman–Crippen LogP) is 3.32. The van der Waals surface area contributed by atoms with Gasteiger partial charge in [0.05, 0.1) is 7.11 Å². The number of carbonyl (C=O) groups is 1. The Morgan fingerprint density at radius 3 is 2.93 bits per heavy atom. The van der Waals surface area contributed by atoms with Crippen molar-refractivity contribution in [2.75, 3.05) is 40.3 Å². The average Bonchev–Trinajstić information content (AvgIpc) is 3.49. The van der Waals surface area contributed by atoms with Crippen LogP contribution < -0.4 is 4.74 Å². The minimum atomic E-state index is 0.0271. The molecule has 6 heteroatoms. The molecule has 1 saturated heterocycles. The number of para-hydroxylation sites is 1. The van der Waals surface area contributed by atoms with Gasteiger partial charge in [0.2, 0.25) is 0 Å². The molecule has 0 bridgehead atoms. The smallest absolute Gasteiger partial charge is 0.274 e. The molecule has 2 fully saturated rings. The molecule has 1 saturated carbocycles. The molecule has 2 heterocycles. The third-order valence-corrected chi connectivity index (χ3v) is 6.21. The standard InChI is InChI=1S/C23H32N4O2/c1-26(23(28)21-14-20(24-25-21)18-9-10-18)15-17-6-5-12-27(16-17)13-11-19-7-3-4-8-22(19)29-2/h3-4,7-8,14,17-18H,5-6,9-13,15-16H2,1-2H3,(H,24,25)/t17-/m0/s1. The molecule has 29 heavy (non-hydrogen) atoms. The fourth-order valence-corrected chi connectivity index (χ4v) is 4.41. The van der Waals surface area contributed by atoms with E-state index in [1.165, 1.54) is 31.2 Å². The number of hydrogen-bond donors (Lipinski definition) is 1. The van der Waals surface area contributed by atoms with E-state index in [1.54, 1.807) is 7.11 Å². The quantitative estimate of drug-likeness (QED) is 0.744. The molecule has 6 nitrogen and oxygen atoms in total. The summed E-state index contributed by atoms with van der Waals surface area (Å²) in [6.45, 7) is 3.99. The fraction of sp³-hybridized carbons (Fsp3) is 0.565. The van der Waals surface area contributed by atoms with Gasteiger partial charge in [-0.25, -0.2) is 0 Å². The molecule has 4 rings (SSSR count). The van der Waals surface area contributed by atoms with Crippen LogP contribution in [0.5, 0.6) is 5.75 Å². The van der Waals surface area contributed by atoms with E-state index in [0.29, 0.717) is 17.5 Å². The number of benzene rings is 1. The van der Waals surface area contributed by atoms with Crippen molar-refractivity contribution in [1.29, 1.82) is 0 Å². The van der Waals surface area contributed by atoms with Crippen LogP contribution in [0.25, 0.3) is 0 Å². The Bertz CT molecular complexity index is 830. The number of hydrogen-bond acceptors (Lipinski definition) is 4. The van der Waals surface area contributed by atoms with E-state index >= 15 is 0 Å². The Labute approximate surface area is 173 Å². The number of likely N-dealkylation sites (tertiary alicyclic amines) is 1. The molecule has 2 aromatic rings. The third-order valence-electron chi connectivity index (χ3n) is 6.21. The Balaban J connectivity index is 1.28. The number of ether oxygens (including phenoxy) is 1. The molecule has 1 N–H and O–H groups in total. The number of piperidine rings is 1. The zero-order chi connectivity index (χ0) is 20.2. The summed E-state index contributed by atoms with van der Waals surface area (Å²) in [7, 11) is 3.64. The second kappa shape index (κ2) is 8.99. The molecule has 1 aromatic heterocycles. The van der Waals surface area contributed by atoms with Crippen molar-refractivity contribution in [2.45, 2.75) is 38.0 Å². The zero-order valence-electron chi connectivity index (χ0n) is 17.6. The van der Waals surface area contributed by atoms with E-state index in [4.69, 9.17) is 4.74 Å². The second-order valence-electron chi connectivity index (χ2n) is 8.54. The van der Waals surface area contributed by atoms with Crippen LogP contribution in [-0.2, 0) is 6.42 Å². The van der Waals surface area contributed by atoms with E-state index < -0.39 is 0 Å². The largest absolute Gasteiger partial charge is 0.496 e. The Hall–Kier alpha value is -2.34. The van der Waals surface area contributed by atoms with E-state index in [-0.39, 0.29) is 5.91 Å². The zero-order valence-corrected chi connectivity index (χ0v) is 17.6. The number of nitrogens with zero attached hydrogens (tertiary/aromatic N) is 3. The number of carbonyl (C=O) groups excluding carboxylic acids is 1. The van der Waals surface area contributed by atoms with Gasteiger partial charge in [-0.3, -0.25) is 9.89 Å². The second-order valence-corrected chi connectivity index (χ2v) is 8.54. The normalized spacial score (nSPS) is 19.9. The van der Waals surface area contributed by atoms with Crippen molar-refractivity contribution in [3.05, 3.63) is 47.3 Å². The van der Waals surface area contributed by atoms with Gasteiger partial charge in [-0.2, -0.15) is 5.10 Å². The lowest BCUT2D eigenvalue weighted by atomic mass is 9.97. The lowest BCUT2D eigenvalue weighted by molar-refractivity contribution is 0.0724. The first-order valence-corrected chi connectivity index (χ1v) is 10.8. The van der Waals surface area contributed by atoms with Crippen LogP contribution in [0.2, 0.25) is 0 Å². The van der Waals surface area contributed by atoms with Gasteiger partial charge in [0.15, 0.2) is 0 Å². The number of methoxy groups -OCH3 is 1. The molecule has 1 aromatic carbocycles. The molecule has 1 aliphatic carbocycles. The molecule has 0 radical (unpaired) electrons. The van der Waals surface area contributed by atoms with E-state index in [2.05, 4.69) is 27.2 Å². The Morgan fingerprint density at radius 1 is 1.31 bits per heavy atom. The van der Waals surface area contributed by atoms with Gasteiger partial charge >= 0.3 is 0 Å². The third kappa shape index (κ3) is 4.99. The number of aromatic amines is 1. The van der Waals surface area contributed by atoms with Crippen molar-refractivity contribution in [3.8, 4) is 5.75 Å². The van der Waals surface area contributed by atoms with E-state index in [1.807, 2.05) is 30.1 Å². The first-order valence-electron chi connectivity index (χ1n) is 10.8. The fourth-order valence-electron chi connectivity index (χ4n) is 4.41. The highest BCUT2D eigenvalue weighted by atomic mass is 16.5. The summed E-state index contributed by atoms with van der Waals surface area (Å²) >= 11 is 0. The van der Waals surface area contributed by atoms with Gasteiger partial charge in [-0.1, -0.05) is 18.2 Å². The monoisotopic (exact) mass is 396 g/mol. The minimum Gasteiger partial charge on any atom is -0.496 e. The topological polar surface area (TPSA) is 61.5 Å². The van der Waals surface area contributed by atoms with Gasteiger partial charge in [-0.05, 0) is 62.3 Å². The maximum atomic E-state index is 12.8. The highest BCUT2D eigenvalue weighted by Crippen LogP contribution is 2.39. The summed E-state index contributed by atoms with van der Waals surface area (Å²) in [6.07, 6.45) is 5.77. The van der Waals surface area contributed by atoms with Crippen LogP contribution >= 0.6 is 0 Å². The van der Waals surface area contributed by atoms with Crippen LogP contribution in [0, 0.1) is 5.92 Å². The van der Waals surface area contributed by atoms with Crippen molar-refractivity contribution < 1.29 is 9.53 Å². The molecular formula is C23H32N4O2. The first-order chi connectivity index (χ1) is 14.1. The van der Waals surface area contributed by atoms with Gasteiger partial charge < -0.3 is 14.5 Å². The van der Waals surface area contributed by atoms with Crippen molar-refractivity contribution in [1.82, 2.24) is 20.0 Å². The summed E-state index contributed by atoms with van der Waals surface area (Å²) in [4.78, 5) is 17.1. The van der Waals surface area contributed by atoms with E-state index in [0.717, 1.165) is 44.0 Å². The summed E-state index contributed by atoms with van der Waals surface area (Å²) < 4.78 is 5.48. The van der Waals surface area contributed by atoms with Gasteiger partial charge in [0, 0.05) is 38.3 Å². The number of amides is 1. The molecule has 156 valence electrons. The Kier molecular flexibility index (Phi) is 6.19. The summed E-state index contributed by atoms with van der Waals surface area (Å²) in [5.74, 6) is 2.09. The molecular weight excluding hydrogens is 364 g/mol. The molecule has 0 spiro atoms. The van der Waals surface area contributed by atoms with Crippen LogP contribution in [0.15, 0.2) is 30.3 Å². The van der Waals surface area contributed by atoms with Gasteiger partial charge in [-0.15, -0.1) is 0 Å².